The fraction of sp³-hybridized carbons (Fsp3) is 0.615. The van der Waals surface area contributed by atoms with Crippen molar-refractivity contribution < 1.29 is 9.21 Å². The van der Waals surface area contributed by atoms with E-state index in [0.29, 0.717) is 22.6 Å². The average molecular weight is 256 g/mol. The first-order valence-corrected chi connectivity index (χ1v) is 6.37. The smallest absolute Gasteiger partial charge is 0.257 e. The Bertz CT molecular complexity index is 421. The lowest BCUT2D eigenvalue weighted by Gasteiger charge is -2.34. The molecule has 1 aliphatic carbocycles. The Morgan fingerprint density at radius 1 is 1.53 bits per heavy atom. The molecule has 0 unspecified atom stereocenters. The van der Waals surface area contributed by atoms with Gasteiger partial charge in [-0.1, -0.05) is 0 Å². The lowest BCUT2D eigenvalue weighted by molar-refractivity contribution is 0.0745. The molecule has 1 amide bonds. The van der Waals surface area contributed by atoms with Crippen LogP contribution < -0.4 is 0 Å². The highest BCUT2D eigenvalue weighted by Gasteiger charge is 2.29. The molecular weight excluding hydrogens is 238 g/mol. The molecule has 3 nitrogen and oxygen atoms in total. The molecule has 1 aromatic rings. The molecule has 0 bridgehead atoms. The number of hydrogen-bond donors (Lipinski definition) is 0. The van der Waals surface area contributed by atoms with Crippen LogP contribution in [0.4, 0.5) is 0 Å². The number of nitrogens with zero attached hydrogens (tertiary/aromatic N) is 1. The molecule has 17 heavy (non-hydrogen) atoms. The Hall–Kier alpha value is -0.960. The number of aryl methyl sites for hydroxylation is 2. The molecule has 2 rings (SSSR count). The number of carbonyl (C=O) groups is 1. The number of alkyl halides is 1. The van der Waals surface area contributed by atoms with E-state index in [-0.39, 0.29) is 5.91 Å². The summed E-state index contributed by atoms with van der Waals surface area (Å²) < 4.78 is 5.38. The van der Waals surface area contributed by atoms with Crippen molar-refractivity contribution >= 4 is 17.5 Å². The molecule has 0 spiro atoms. The molecule has 0 atom stereocenters. The molecule has 0 aromatic carbocycles. The zero-order chi connectivity index (χ0) is 12.6. The molecule has 94 valence electrons. The summed E-state index contributed by atoms with van der Waals surface area (Å²) >= 11 is 5.93. The van der Waals surface area contributed by atoms with Crippen LogP contribution in [-0.2, 0) is 0 Å². The van der Waals surface area contributed by atoms with E-state index in [4.69, 9.17) is 16.0 Å². The van der Waals surface area contributed by atoms with Gasteiger partial charge in [-0.15, -0.1) is 11.6 Å². The van der Waals surface area contributed by atoms with Gasteiger partial charge in [0, 0.05) is 19.0 Å². The maximum atomic E-state index is 12.2. The predicted octanol–water partition coefficient (Wildman–Crippen LogP) is 2.99. The second kappa shape index (κ2) is 4.73. The minimum absolute atomic E-state index is 0.0392. The molecule has 1 aliphatic rings. The molecule has 0 aliphatic heterocycles. The predicted molar refractivity (Wildman–Crippen MR) is 67.5 cm³/mol. The van der Waals surface area contributed by atoms with Crippen LogP contribution in [0.2, 0.25) is 0 Å². The van der Waals surface area contributed by atoms with E-state index in [1.807, 2.05) is 20.9 Å². The van der Waals surface area contributed by atoms with Gasteiger partial charge in [0.25, 0.3) is 5.91 Å². The summed E-state index contributed by atoms with van der Waals surface area (Å²) in [5.74, 6) is 2.07. The average Bonchev–Trinajstić information content (AvgIpc) is 2.54. The fourth-order valence-corrected chi connectivity index (χ4v) is 2.83. The van der Waals surface area contributed by atoms with Crippen LogP contribution in [0, 0.1) is 19.8 Å². The van der Waals surface area contributed by atoms with Gasteiger partial charge >= 0.3 is 0 Å². The summed E-state index contributed by atoms with van der Waals surface area (Å²) in [6.45, 7) is 4.46. The first-order valence-electron chi connectivity index (χ1n) is 5.94. The summed E-state index contributed by atoms with van der Waals surface area (Å²) in [6.07, 6.45) is 2.03. The topological polar surface area (TPSA) is 33.5 Å². The molecule has 1 aromatic heterocycles. The van der Waals surface area contributed by atoms with E-state index in [2.05, 4.69) is 0 Å². The first kappa shape index (κ1) is 12.5. The molecule has 0 N–H and O–H groups in total. The maximum absolute atomic E-state index is 12.2. The Labute approximate surface area is 107 Å². The van der Waals surface area contributed by atoms with Crippen LogP contribution in [0.5, 0.6) is 0 Å². The van der Waals surface area contributed by atoms with Crippen molar-refractivity contribution in [3.05, 3.63) is 23.2 Å². The number of halogens is 1. The van der Waals surface area contributed by atoms with E-state index >= 15 is 0 Å². The molecular formula is C13H18ClNO2. The van der Waals surface area contributed by atoms with E-state index < -0.39 is 0 Å². The molecule has 1 saturated carbocycles. The van der Waals surface area contributed by atoms with Crippen LogP contribution in [0.25, 0.3) is 0 Å². The summed E-state index contributed by atoms with van der Waals surface area (Å²) in [7, 11) is 1.84. The number of amides is 1. The van der Waals surface area contributed by atoms with Gasteiger partial charge in [0.15, 0.2) is 0 Å². The third-order valence-corrected chi connectivity index (χ3v) is 3.68. The standard InChI is InChI=1S/C13H18ClNO2/c1-8-4-12(9(2)17-8)13(16)15(3)7-10-5-11(14)6-10/h4,10-11H,5-7H2,1-3H3. The molecule has 1 fully saturated rings. The summed E-state index contributed by atoms with van der Waals surface area (Å²) in [5.41, 5.74) is 0.673. The van der Waals surface area contributed by atoms with Gasteiger partial charge in [-0.05, 0) is 38.7 Å². The Morgan fingerprint density at radius 3 is 2.65 bits per heavy atom. The van der Waals surface area contributed by atoms with Crippen LogP contribution in [0.1, 0.15) is 34.7 Å². The van der Waals surface area contributed by atoms with Gasteiger partial charge in [0.05, 0.1) is 5.56 Å². The minimum atomic E-state index is 0.0392. The highest BCUT2D eigenvalue weighted by atomic mass is 35.5. The number of hydrogen-bond acceptors (Lipinski definition) is 2. The van der Waals surface area contributed by atoms with Gasteiger partial charge in [0.1, 0.15) is 11.5 Å². The van der Waals surface area contributed by atoms with Crippen molar-refractivity contribution in [3.8, 4) is 0 Å². The zero-order valence-corrected chi connectivity index (χ0v) is 11.3. The summed E-state index contributed by atoms with van der Waals surface area (Å²) in [6, 6.07) is 1.80. The minimum Gasteiger partial charge on any atom is -0.466 e. The third kappa shape index (κ3) is 2.65. The first-order chi connectivity index (χ1) is 7.97. The lowest BCUT2D eigenvalue weighted by atomic mass is 9.84. The number of rotatable bonds is 3. The van der Waals surface area contributed by atoms with Gasteiger partial charge in [-0.3, -0.25) is 4.79 Å². The molecule has 0 saturated heterocycles. The third-order valence-electron chi connectivity index (χ3n) is 3.33. The van der Waals surface area contributed by atoms with Gasteiger partial charge in [0.2, 0.25) is 0 Å². The van der Waals surface area contributed by atoms with Crippen LogP contribution in [0.3, 0.4) is 0 Å². The van der Waals surface area contributed by atoms with Crippen molar-refractivity contribution in [2.45, 2.75) is 32.1 Å². The molecule has 1 heterocycles. The van der Waals surface area contributed by atoms with E-state index in [0.717, 1.165) is 25.1 Å². The second-order valence-corrected chi connectivity index (χ2v) is 5.56. The van der Waals surface area contributed by atoms with Crippen molar-refractivity contribution in [2.24, 2.45) is 5.92 Å². The lowest BCUT2D eigenvalue weighted by Crippen LogP contribution is -2.38. The Kier molecular flexibility index (Phi) is 3.48. The largest absolute Gasteiger partial charge is 0.466 e. The highest BCUT2D eigenvalue weighted by molar-refractivity contribution is 6.21. The number of carbonyl (C=O) groups excluding carboxylic acids is 1. The molecule has 0 radical (unpaired) electrons. The van der Waals surface area contributed by atoms with E-state index in [1.165, 1.54) is 0 Å². The van der Waals surface area contributed by atoms with E-state index in [9.17, 15) is 4.79 Å². The number of furan rings is 1. The van der Waals surface area contributed by atoms with Gasteiger partial charge < -0.3 is 9.32 Å². The quantitative estimate of drug-likeness (QED) is 0.778. The van der Waals surface area contributed by atoms with Crippen LogP contribution >= 0.6 is 11.6 Å². The normalized spacial score (nSPS) is 23.3. The Balaban J connectivity index is 1.97. The Morgan fingerprint density at radius 2 is 2.18 bits per heavy atom. The van der Waals surface area contributed by atoms with Crippen LogP contribution in [-0.4, -0.2) is 29.8 Å². The van der Waals surface area contributed by atoms with Crippen molar-refractivity contribution in [1.29, 1.82) is 0 Å². The summed E-state index contributed by atoms with van der Waals surface area (Å²) in [4.78, 5) is 13.9. The molecule has 4 heteroatoms. The van der Waals surface area contributed by atoms with Gasteiger partial charge in [-0.25, -0.2) is 0 Å². The second-order valence-electron chi connectivity index (χ2n) is 4.95. The van der Waals surface area contributed by atoms with E-state index in [1.54, 1.807) is 11.0 Å². The van der Waals surface area contributed by atoms with Crippen molar-refractivity contribution in [2.75, 3.05) is 13.6 Å². The zero-order valence-electron chi connectivity index (χ0n) is 10.5. The van der Waals surface area contributed by atoms with Crippen molar-refractivity contribution in [3.63, 3.8) is 0 Å². The van der Waals surface area contributed by atoms with Gasteiger partial charge in [-0.2, -0.15) is 0 Å². The monoisotopic (exact) mass is 255 g/mol. The maximum Gasteiger partial charge on any atom is 0.257 e. The fourth-order valence-electron chi connectivity index (χ4n) is 2.32. The highest BCUT2D eigenvalue weighted by Crippen LogP contribution is 2.32. The summed E-state index contributed by atoms with van der Waals surface area (Å²) in [5, 5.41) is 0.307. The SMILES string of the molecule is Cc1cc(C(=O)N(C)CC2CC(Cl)C2)c(C)o1. The van der Waals surface area contributed by atoms with Crippen LogP contribution in [0.15, 0.2) is 10.5 Å². The van der Waals surface area contributed by atoms with Crippen molar-refractivity contribution in [1.82, 2.24) is 4.90 Å².